The van der Waals surface area contributed by atoms with E-state index in [0.29, 0.717) is 18.0 Å². The summed E-state index contributed by atoms with van der Waals surface area (Å²) in [6.07, 6.45) is 0.397. The standard InChI is InChI=1S/C12H11BrClNO2S/c1-7(16)18-11-5-12(17)15(6-11)10-3-8(13)2-9(14)4-10/h2-4,11H,5-6H2,1H3. The highest BCUT2D eigenvalue weighted by Crippen LogP contribution is 2.32. The molecule has 0 aromatic heterocycles. The zero-order valence-electron chi connectivity index (χ0n) is 9.65. The molecule has 0 spiro atoms. The highest BCUT2D eigenvalue weighted by molar-refractivity contribution is 9.10. The molecule has 0 aliphatic carbocycles. The van der Waals surface area contributed by atoms with Gasteiger partial charge in [-0.2, -0.15) is 0 Å². The van der Waals surface area contributed by atoms with Crippen LogP contribution in [0.4, 0.5) is 5.69 Å². The molecule has 3 nitrogen and oxygen atoms in total. The van der Waals surface area contributed by atoms with Gasteiger partial charge in [-0.1, -0.05) is 39.3 Å². The first-order chi connectivity index (χ1) is 8.45. The molecule has 1 atom stereocenters. The molecule has 1 aliphatic rings. The Kier molecular flexibility index (Phi) is 4.35. The van der Waals surface area contributed by atoms with E-state index < -0.39 is 0 Å². The minimum Gasteiger partial charge on any atom is -0.311 e. The summed E-state index contributed by atoms with van der Waals surface area (Å²) in [5, 5.41) is 0.657. The van der Waals surface area contributed by atoms with Crippen molar-refractivity contribution in [3.05, 3.63) is 27.7 Å². The van der Waals surface area contributed by atoms with Crippen LogP contribution >= 0.6 is 39.3 Å². The van der Waals surface area contributed by atoms with Crippen molar-refractivity contribution in [2.24, 2.45) is 0 Å². The van der Waals surface area contributed by atoms with Crippen LogP contribution in [0.25, 0.3) is 0 Å². The molecule has 6 heteroatoms. The van der Waals surface area contributed by atoms with E-state index in [2.05, 4.69) is 15.9 Å². The van der Waals surface area contributed by atoms with Gasteiger partial charge in [0, 0.05) is 40.3 Å². The van der Waals surface area contributed by atoms with Crippen molar-refractivity contribution in [2.75, 3.05) is 11.4 Å². The number of thioether (sulfide) groups is 1. The van der Waals surface area contributed by atoms with E-state index in [9.17, 15) is 9.59 Å². The number of hydrogen-bond donors (Lipinski definition) is 0. The van der Waals surface area contributed by atoms with Crippen LogP contribution in [0.1, 0.15) is 13.3 Å². The third-order valence-corrected chi connectivity index (χ3v) is 4.24. The molecule has 1 unspecified atom stereocenters. The summed E-state index contributed by atoms with van der Waals surface area (Å²) in [7, 11) is 0. The fourth-order valence-electron chi connectivity index (χ4n) is 1.93. The van der Waals surface area contributed by atoms with Gasteiger partial charge < -0.3 is 4.90 Å². The fraction of sp³-hybridized carbons (Fsp3) is 0.333. The molecule has 1 heterocycles. The predicted molar refractivity (Wildman–Crippen MR) is 78.2 cm³/mol. The average Bonchev–Trinajstić information content (AvgIpc) is 2.56. The number of benzene rings is 1. The monoisotopic (exact) mass is 347 g/mol. The Hall–Kier alpha value is -0.520. The van der Waals surface area contributed by atoms with Crippen molar-refractivity contribution in [1.82, 2.24) is 0 Å². The molecular formula is C12H11BrClNO2S. The van der Waals surface area contributed by atoms with Crippen molar-refractivity contribution in [1.29, 1.82) is 0 Å². The molecular weight excluding hydrogens is 338 g/mol. The van der Waals surface area contributed by atoms with Crippen LogP contribution in [0.3, 0.4) is 0 Å². The summed E-state index contributed by atoms with van der Waals surface area (Å²) in [6, 6.07) is 5.38. The molecule has 96 valence electrons. The van der Waals surface area contributed by atoms with Crippen LogP contribution in [0.15, 0.2) is 22.7 Å². The summed E-state index contributed by atoms with van der Waals surface area (Å²) < 4.78 is 0.834. The lowest BCUT2D eigenvalue weighted by molar-refractivity contribution is -0.117. The van der Waals surface area contributed by atoms with E-state index in [1.54, 1.807) is 17.0 Å². The Morgan fingerprint density at radius 2 is 2.22 bits per heavy atom. The van der Waals surface area contributed by atoms with Crippen LogP contribution in [0.2, 0.25) is 5.02 Å². The van der Waals surface area contributed by atoms with Gasteiger partial charge in [0.1, 0.15) is 0 Å². The van der Waals surface area contributed by atoms with Gasteiger partial charge in [-0.3, -0.25) is 9.59 Å². The van der Waals surface area contributed by atoms with Crippen molar-refractivity contribution in [3.8, 4) is 0 Å². The van der Waals surface area contributed by atoms with Crippen molar-refractivity contribution < 1.29 is 9.59 Å². The molecule has 0 N–H and O–H groups in total. The minimum absolute atomic E-state index is 0.0305. The van der Waals surface area contributed by atoms with E-state index in [-0.39, 0.29) is 16.3 Å². The smallest absolute Gasteiger partial charge is 0.228 e. The van der Waals surface area contributed by atoms with Crippen molar-refractivity contribution in [2.45, 2.75) is 18.6 Å². The van der Waals surface area contributed by atoms with Gasteiger partial charge in [0.25, 0.3) is 0 Å². The average molecular weight is 349 g/mol. The third-order valence-electron chi connectivity index (χ3n) is 2.58. The van der Waals surface area contributed by atoms with E-state index in [0.717, 1.165) is 10.2 Å². The maximum atomic E-state index is 11.9. The van der Waals surface area contributed by atoms with Gasteiger partial charge in [-0.05, 0) is 18.2 Å². The predicted octanol–water partition coefficient (Wildman–Crippen LogP) is 3.49. The lowest BCUT2D eigenvalue weighted by atomic mass is 10.3. The van der Waals surface area contributed by atoms with E-state index in [1.165, 1.54) is 18.7 Å². The molecule has 0 radical (unpaired) electrons. The van der Waals surface area contributed by atoms with Crippen molar-refractivity contribution in [3.63, 3.8) is 0 Å². The van der Waals surface area contributed by atoms with Gasteiger partial charge in [0.15, 0.2) is 5.12 Å². The zero-order valence-corrected chi connectivity index (χ0v) is 12.8. The number of carbonyl (C=O) groups is 2. The molecule has 1 amide bonds. The Morgan fingerprint density at radius 1 is 1.50 bits per heavy atom. The molecule has 2 rings (SSSR count). The largest absolute Gasteiger partial charge is 0.311 e. The zero-order chi connectivity index (χ0) is 13.3. The van der Waals surface area contributed by atoms with E-state index in [1.807, 2.05) is 6.07 Å². The van der Waals surface area contributed by atoms with Gasteiger partial charge in [-0.15, -0.1) is 0 Å². The third kappa shape index (κ3) is 3.28. The number of rotatable bonds is 2. The SMILES string of the molecule is CC(=O)SC1CC(=O)N(c2cc(Cl)cc(Br)c2)C1. The van der Waals surface area contributed by atoms with Crippen LogP contribution in [0, 0.1) is 0 Å². The molecule has 1 fully saturated rings. The summed E-state index contributed by atoms with van der Waals surface area (Å²) in [4.78, 5) is 24.7. The molecule has 18 heavy (non-hydrogen) atoms. The summed E-state index contributed by atoms with van der Waals surface area (Å²) in [5.41, 5.74) is 0.769. The Morgan fingerprint density at radius 3 is 2.83 bits per heavy atom. The molecule has 1 saturated heterocycles. The quantitative estimate of drug-likeness (QED) is 0.821. The van der Waals surface area contributed by atoms with Crippen LogP contribution in [-0.4, -0.2) is 22.8 Å². The summed E-state index contributed by atoms with van der Waals surface area (Å²) in [5.74, 6) is 0.0305. The topological polar surface area (TPSA) is 37.4 Å². The van der Waals surface area contributed by atoms with E-state index >= 15 is 0 Å². The fourth-order valence-corrected chi connectivity index (χ4v) is 3.69. The summed E-state index contributed by atoms with van der Waals surface area (Å²) in [6.45, 7) is 2.07. The van der Waals surface area contributed by atoms with Crippen LogP contribution in [-0.2, 0) is 9.59 Å². The van der Waals surface area contributed by atoms with Crippen molar-refractivity contribution >= 4 is 56.0 Å². The van der Waals surface area contributed by atoms with Crippen LogP contribution in [0.5, 0.6) is 0 Å². The molecule has 0 bridgehead atoms. The number of anilines is 1. The second-order valence-electron chi connectivity index (χ2n) is 4.07. The number of amides is 1. The Bertz CT molecular complexity index is 489. The molecule has 1 aliphatic heterocycles. The number of halogens is 2. The Balaban J connectivity index is 2.18. The highest BCUT2D eigenvalue weighted by Gasteiger charge is 2.32. The Labute approximate surface area is 123 Å². The maximum absolute atomic E-state index is 11.9. The second kappa shape index (κ2) is 5.63. The summed E-state index contributed by atoms with van der Waals surface area (Å²) >= 11 is 10.5. The van der Waals surface area contributed by atoms with Gasteiger partial charge >= 0.3 is 0 Å². The lowest BCUT2D eigenvalue weighted by Gasteiger charge is -2.17. The van der Waals surface area contributed by atoms with E-state index in [4.69, 9.17) is 11.6 Å². The molecule has 1 aromatic rings. The first-order valence-electron chi connectivity index (χ1n) is 5.39. The molecule has 1 aromatic carbocycles. The second-order valence-corrected chi connectivity index (χ2v) is 6.90. The normalized spacial score (nSPS) is 19.4. The molecule has 0 saturated carbocycles. The number of hydrogen-bond acceptors (Lipinski definition) is 3. The van der Waals surface area contributed by atoms with Gasteiger partial charge in [0.05, 0.1) is 0 Å². The van der Waals surface area contributed by atoms with Crippen LogP contribution < -0.4 is 4.90 Å². The lowest BCUT2D eigenvalue weighted by Crippen LogP contribution is -2.24. The first kappa shape index (κ1) is 13.9. The first-order valence-corrected chi connectivity index (χ1v) is 7.44. The highest BCUT2D eigenvalue weighted by atomic mass is 79.9. The number of nitrogens with zero attached hydrogens (tertiary/aromatic N) is 1. The number of carbonyl (C=O) groups excluding carboxylic acids is 2. The minimum atomic E-state index is 0.0305. The van der Waals surface area contributed by atoms with Gasteiger partial charge in [-0.25, -0.2) is 0 Å². The van der Waals surface area contributed by atoms with Gasteiger partial charge in [0.2, 0.25) is 5.91 Å². The maximum Gasteiger partial charge on any atom is 0.228 e.